The molecule has 0 amide bonds. The summed E-state index contributed by atoms with van der Waals surface area (Å²) in [7, 11) is 0. The van der Waals surface area contributed by atoms with Crippen LogP contribution >= 0.6 is 27.7 Å². The summed E-state index contributed by atoms with van der Waals surface area (Å²) >= 11 is 4.56. The fraction of sp³-hybridized carbons (Fsp3) is 0. The van der Waals surface area contributed by atoms with Crippen LogP contribution in [-0.4, -0.2) is 9.91 Å². The number of hydrogen-bond donors (Lipinski definition) is 2. The minimum absolute atomic E-state index is 0.0519. The molecule has 0 spiro atoms. The van der Waals surface area contributed by atoms with Crippen LogP contribution in [0.4, 0.5) is 11.5 Å². The van der Waals surface area contributed by atoms with Crippen molar-refractivity contribution < 1.29 is 4.92 Å². The maximum absolute atomic E-state index is 11.0. The Morgan fingerprint density at radius 1 is 1.37 bits per heavy atom. The van der Waals surface area contributed by atoms with E-state index in [1.54, 1.807) is 0 Å². The van der Waals surface area contributed by atoms with Crippen LogP contribution in [0.2, 0.25) is 0 Å². The minimum atomic E-state index is -0.465. The highest BCUT2D eigenvalue weighted by atomic mass is 79.9. The van der Waals surface area contributed by atoms with Gasteiger partial charge in [0.05, 0.1) is 4.92 Å². The fourth-order valence-corrected chi connectivity index (χ4v) is 2.87. The summed E-state index contributed by atoms with van der Waals surface area (Å²) in [4.78, 5) is 15.5. The van der Waals surface area contributed by atoms with Crippen LogP contribution < -0.4 is 11.3 Å². The van der Waals surface area contributed by atoms with E-state index in [-0.39, 0.29) is 5.69 Å². The second-order valence-electron chi connectivity index (χ2n) is 3.48. The Labute approximate surface area is 121 Å². The molecule has 3 N–H and O–H groups in total. The average Bonchev–Trinajstić information content (AvgIpc) is 2.38. The van der Waals surface area contributed by atoms with Gasteiger partial charge in [0.2, 0.25) is 0 Å². The number of nitrogen functional groups attached to an aromatic ring is 1. The Morgan fingerprint density at radius 3 is 2.79 bits per heavy atom. The number of aromatic nitrogens is 1. The molecule has 0 fully saturated rings. The molecular weight excluding hydrogens is 332 g/mol. The van der Waals surface area contributed by atoms with Crippen molar-refractivity contribution in [1.82, 2.24) is 4.98 Å². The van der Waals surface area contributed by atoms with Crippen molar-refractivity contribution >= 4 is 39.2 Å². The molecule has 0 saturated heterocycles. The number of nitrogens with zero attached hydrogens (tertiary/aromatic N) is 2. The molecule has 0 saturated carbocycles. The van der Waals surface area contributed by atoms with Gasteiger partial charge in [0.1, 0.15) is 5.82 Å². The van der Waals surface area contributed by atoms with Gasteiger partial charge in [0.25, 0.3) is 0 Å². The van der Waals surface area contributed by atoms with Crippen molar-refractivity contribution in [2.75, 3.05) is 5.43 Å². The van der Waals surface area contributed by atoms with E-state index < -0.39 is 4.92 Å². The van der Waals surface area contributed by atoms with Gasteiger partial charge in [0, 0.05) is 15.4 Å². The highest BCUT2D eigenvalue weighted by Crippen LogP contribution is 2.34. The van der Waals surface area contributed by atoms with Gasteiger partial charge >= 0.3 is 5.69 Å². The molecule has 98 valence electrons. The highest BCUT2D eigenvalue weighted by Gasteiger charge is 2.17. The lowest BCUT2D eigenvalue weighted by Gasteiger charge is -2.05. The topological polar surface area (TPSA) is 94.1 Å². The lowest BCUT2D eigenvalue weighted by atomic mass is 10.4. The van der Waals surface area contributed by atoms with Crippen LogP contribution in [0.25, 0.3) is 0 Å². The SMILES string of the molecule is NNc1ccc([N+](=O)[O-])c(Sc2cccc(Br)c2)n1. The molecule has 0 unspecified atom stereocenters. The predicted octanol–water partition coefficient (Wildman–Crippen LogP) is 3.19. The van der Waals surface area contributed by atoms with E-state index in [2.05, 4.69) is 26.3 Å². The van der Waals surface area contributed by atoms with Crippen LogP contribution in [0.15, 0.2) is 50.8 Å². The summed E-state index contributed by atoms with van der Waals surface area (Å²) in [5, 5.41) is 11.3. The molecule has 1 aromatic heterocycles. The third-order valence-corrected chi connectivity index (χ3v) is 3.67. The third kappa shape index (κ3) is 3.43. The van der Waals surface area contributed by atoms with E-state index in [0.29, 0.717) is 10.8 Å². The van der Waals surface area contributed by atoms with Crippen LogP contribution in [0.1, 0.15) is 0 Å². The smallest absolute Gasteiger partial charge is 0.301 e. The first-order valence-corrected chi connectivity index (χ1v) is 6.76. The molecule has 8 heteroatoms. The van der Waals surface area contributed by atoms with E-state index in [9.17, 15) is 10.1 Å². The minimum Gasteiger partial charge on any atom is -0.308 e. The van der Waals surface area contributed by atoms with E-state index in [1.165, 1.54) is 23.9 Å². The Morgan fingerprint density at radius 2 is 2.16 bits per heavy atom. The molecule has 0 radical (unpaired) electrons. The number of hydrogen-bond acceptors (Lipinski definition) is 6. The molecule has 0 bridgehead atoms. The van der Waals surface area contributed by atoms with Crippen LogP contribution in [-0.2, 0) is 0 Å². The summed E-state index contributed by atoms with van der Waals surface area (Å²) in [6.07, 6.45) is 0. The van der Waals surface area contributed by atoms with Crippen molar-refractivity contribution in [1.29, 1.82) is 0 Å². The molecule has 2 rings (SSSR count). The Hall–Kier alpha value is -1.64. The van der Waals surface area contributed by atoms with Crippen molar-refractivity contribution in [3.63, 3.8) is 0 Å². The average molecular weight is 341 g/mol. The Balaban J connectivity index is 2.39. The molecule has 1 aromatic carbocycles. The first-order chi connectivity index (χ1) is 9.10. The van der Waals surface area contributed by atoms with Crippen molar-refractivity contribution in [3.8, 4) is 0 Å². The number of hydrazine groups is 1. The van der Waals surface area contributed by atoms with Gasteiger partial charge in [-0.1, -0.05) is 33.8 Å². The molecule has 0 aliphatic heterocycles. The van der Waals surface area contributed by atoms with Gasteiger partial charge < -0.3 is 5.43 Å². The monoisotopic (exact) mass is 340 g/mol. The molecule has 6 nitrogen and oxygen atoms in total. The molecule has 2 aromatic rings. The molecule has 0 atom stereocenters. The molecule has 0 aliphatic rings. The zero-order valence-electron chi connectivity index (χ0n) is 9.54. The largest absolute Gasteiger partial charge is 0.308 e. The number of nitrogens with two attached hydrogens (primary N) is 1. The lowest BCUT2D eigenvalue weighted by molar-refractivity contribution is -0.388. The number of nitrogens with one attached hydrogen (secondary N) is 1. The molecule has 1 heterocycles. The fourth-order valence-electron chi connectivity index (χ4n) is 1.37. The number of nitro groups is 1. The summed E-state index contributed by atoms with van der Waals surface area (Å²) in [5.41, 5.74) is 2.32. The summed E-state index contributed by atoms with van der Waals surface area (Å²) < 4.78 is 0.897. The van der Waals surface area contributed by atoms with Crippen LogP contribution in [0, 0.1) is 10.1 Å². The summed E-state index contributed by atoms with van der Waals surface area (Å²) in [5.74, 6) is 5.64. The third-order valence-electron chi connectivity index (χ3n) is 2.20. The first-order valence-electron chi connectivity index (χ1n) is 5.15. The predicted molar refractivity (Wildman–Crippen MR) is 77.0 cm³/mol. The van der Waals surface area contributed by atoms with Gasteiger partial charge in [-0.2, -0.15) is 0 Å². The standard InChI is InChI=1S/C11H9BrN4O2S/c12-7-2-1-3-8(6-7)19-11-9(16(17)18)4-5-10(14-11)15-13/h1-6H,13H2,(H,14,15). The van der Waals surface area contributed by atoms with Gasteiger partial charge in [0.15, 0.2) is 5.03 Å². The summed E-state index contributed by atoms with van der Waals surface area (Å²) in [6.45, 7) is 0. The highest BCUT2D eigenvalue weighted by molar-refractivity contribution is 9.10. The number of benzene rings is 1. The van der Waals surface area contributed by atoms with Crippen LogP contribution in [0.5, 0.6) is 0 Å². The number of pyridine rings is 1. The van der Waals surface area contributed by atoms with E-state index in [1.807, 2.05) is 24.3 Å². The normalized spacial score (nSPS) is 10.2. The van der Waals surface area contributed by atoms with Gasteiger partial charge in [-0.3, -0.25) is 10.1 Å². The zero-order chi connectivity index (χ0) is 13.8. The first kappa shape index (κ1) is 13.8. The number of rotatable bonds is 4. The van der Waals surface area contributed by atoms with Crippen molar-refractivity contribution in [3.05, 3.63) is 51.0 Å². The molecule has 0 aliphatic carbocycles. The second-order valence-corrected chi connectivity index (χ2v) is 5.46. The number of anilines is 1. The van der Waals surface area contributed by atoms with Gasteiger partial charge in [-0.25, -0.2) is 10.8 Å². The maximum Gasteiger partial charge on any atom is 0.301 e. The Bertz CT molecular complexity index is 623. The molecular formula is C11H9BrN4O2S. The lowest BCUT2D eigenvalue weighted by Crippen LogP contribution is -2.09. The van der Waals surface area contributed by atoms with E-state index >= 15 is 0 Å². The van der Waals surface area contributed by atoms with Crippen molar-refractivity contribution in [2.24, 2.45) is 5.84 Å². The maximum atomic E-state index is 11.0. The van der Waals surface area contributed by atoms with E-state index in [0.717, 1.165) is 9.37 Å². The Kier molecular flexibility index (Phi) is 4.35. The molecule has 19 heavy (non-hydrogen) atoms. The van der Waals surface area contributed by atoms with Crippen LogP contribution in [0.3, 0.4) is 0 Å². The zero-order valence-corrected chi connectivity index (χ0v) is 11.9. The van der Waals surface area contributed by atoms with E-state index in [4.69, 9.17) is 5.84 Å². The quantitative estimate of drug-likeness (QED) is 0.504. The summed E-state index contributed by atoms with van der Waals surface area (Å²) in [6, 6.07) is 10.3. The van der Waals surface area contributed by atoms with Gasteiger partial charge in [-0.05, 0) is 24.3 Å². The van der Waals surface area contributed by atoms with Gasteiger partial charge in [-0.15, -0.1) is 0 Å². The van der Waals surface area contributed by atoms with Crippen molar-refractivity contribution in [2.45, 2.75) is 9.92 Å². The second kappa shape index (κ2) is 6.00. The number of halogens is 1.